The molecular weight excluding hydrogens is 452 g/mol. The van der Waals surface area contributed by atoms with Crippen LogP contribution in [0.5, 0.6) is 0 Å². The quantitative estimate of drug-likeness (QED) is 0.285. The Morgan fingerprint density at radius 1 is 0.800 bits per heavy atom. The van der Waals surface area contributed by atoms with Crippen molar-refractivity contribution >= 4 is 51.3 Å². The number of H-pyrrole nitrogens is 1. The van der Waals surface area contributed by atoms with E-state index in [-0.39, 0.29) is 5.91 Å². The number of nitrogens with one attached hydrogen (secondary N) is 1. The summed E-state index contributed by atoms with van der Waals surface area (Å²) in [6, 6.07) is 35.3. The molecule has 35 heavy (non-hydrogen) atoms. The van der Waals surface area contributed by atoms with Crippen LogP contribution in [0.15, 0.2) is 119 Å². The highest BCUT2D eigenvalue weighted by Crippen LogP contribution is 2.37. The van der Waals surface area contributed by atoms with Crippen LogP contribution in [0.25, 0.3) is 28.5 Å². The predicted octanol–water partition coefficient (Wildman–Crippen LogP) is 7.04. The molecule has 1 aromatic heterocycles. The minimum atomic E-state index is -0.0808. The molecule has 168 valence electrons. The Balaban J connectivity index is 1.35. The minimum absolute atomic E-state index is 0.0808. The van der Waals surface area contributed by atoms with Gasteiger partial charge in [0.25, 0.3) is 5.91 Å². The molecule has 1 amide bonds. The van der Waals surface area contributed by atoms with Crippen molar-refractivity contribution in [3.8, 4) is 11.4 Å². The number of hydrogen-bond donors (Lipinski definition) is 1. The monoisotopic (exact) mass is 472 g/mol. The van der Waals surface area contributed by atoms with Crippen LogP contribution in [0.1, 0.15) is 5.56 Å². The standard InChI is InChI=1S/C29H20N4OS/c34-28-26(19-20-9-3-1-4-10-20)35-29(33(28)23-11-5-2-6-12-23)30-22-17-15-21(16-18-22)27-31-24-13-7-8-14-25(24)32-27/h1-19H,(H,31,32)/b26-19+,30-29?. The molecule has 5 nitrogen and oxygen atoms in total. The number of amidine groups is 1. The molecule has 1 aliphatic heterocycles. The summed E-state index contributed by atoms with van der Waals surface area (Å²) >= 11 is 1.38. The summed E-state index contributed by atoms with van der Waals surface area (Å²) in [5.41, 5.74) is 5.45. The molecule has 0 bridgehead atoms. The summed E-state index contributed by atoms with van der Waals surface area (Å²) < 4.78 is 0. The van der Waals surface area contributed by atoms with E-state index in [9.17, 15) is 4.79 Å². The second-order valence-electron chi connectivity index (χ2n) is 8.04. The van der Waals surface area contributed by atoms with Gasteiger partial charge in [0.15, 0.2) is 5.17 Å². The van der Waals surface area contributed by atoms with Crippen LogP contribution in [0.4, 0.5) is 11.4 Å². The SMILES string of the molecule is O=C1/C(=C\c2ccccc2)SC(=Nc2ccc(-c3nc4ccccc4[nH]3)cc2)N1c1ccccc1. The summed E-state index contributed by atoms with van der Waals surface area (Å²) in [6.07, 6.45) is 1.91. The molecule has 5 aromatic rings. The van der Waals surface area contributed by atoms with Crippen molar-refractivity contribution in [1.29, 1.82) is 0 Å². The molecule has 6 heteroatoms. The first-order valence-corrected chi connectivity index (χ1v) is 12.0. The van der Waals surface area contributed by atoms with E-state index in [0.717, 1.165) is 39.4 Å². The first kappa shape index (κ1) is 21.1. The molecule has 1 aliphatic rings. The molecular formula is C29H20N4OS. The van der Waals surface area contributed by atoms with Crippen LogP contribution < -0.4 is 4.90 Å². The zero-order valence-corrected chi connectivity index (χ0v) is 19.4. The Kier molecular flexibility index (Phi) is 5.48. The van der Waals surface area contributed by atoms with E-state index in [1.54, 1.807) is 4.90 Å². The number of anilines is 1. The van der Waals surface area contributed by atoms with Crippen LogP contribution in [0.2, 0.25) is 0 Å². The Bertz CT molecular complexity index is 1540. The Morgan fingerprint density at radius 2 is 1.49 bits per heavy atom. The third kappa shape index (κ3) is 4.27. The zero-order valence-electron chi connectivity index (χ0n) is 18.6. The summed E-state index contributed by atoms with van der Waals surface area (Å²) in [6.45, 7) is 0. The largest absolute Gasteiger partial charge is 0.338 e. The van der Waals surface area contributed by atoms with Gasteiger partial charge < -0.3 is 4.98 Å². The first-order valence-electron chi connectivity index (χ1n) is 11.2. The van der Waals surface area contributed by atoms with Gasteiger partial charge in [-0.3, -0.25) is 9.69 Å². The van der Waals surface area contributed by atoms with Gasteiger partial charge in [0.2, 0.25) is 0 Å². The number of rotatable bonds is 4. The number of para-hydroxylation sites is 3. The number of amides is 1. The maximum atomic E-state index is 13.4. The van der Waals surface area contributed by atoms with Gasteiger partial charge in [-0.15, -0.1) is 0 Å². The number of fused-ring (bicyclic) bond motifs is 1. The summed E-state index contributed by atoms with van der Waals surface area (Å²) in [4.78, 5) is 28.6. The molecule has 1 N–H and O–H groups in total. The van der Waals surface area contributed by atoms with Gasteiger partial charge in [0, 0.05) is 5.56 Å². The fourth-order valence-corrected chi connectivity index (χ4v) is 4.95. The number of imidazole rings is 1. The Hall–Kier alpha value is -4.42. The number of aromatic nitrogens is 2. The van der Waals surface area contributed by atoms with Crippen LogP contribution in [0, 0.1) is 0 Å². The number of aliphatic imine (C=N–C) groups is 1. The fourth-order valence-electron chi connectivity index (χ4n) is 3.95. The highest BCUT2D eigenvalue weighted by Gasteiger charge is 2.34. The van der Waals surface area contributed by atoms with Crippen molar-refractivity contribution in [2.45, 2.75) is 0 Å². The molecule has 0 aliphatic carbocycles. The minimum Gasteiger partial charge on any atom is -0.338 e. The maximum absolute atomic E-state index is 13.4. The summed E-state index contributed by atoms with van der Waals surface area (Å²) in [7, 11) is 0. The predicted molar refractivity (Wildman–Crippen MR) is 145 cm³/mol. The molecule has 0 unspecified atom stereocenters. The lowest BCUT2D eigenvalue weighted by Crippen LogP contribution is -2.28. The molecule has 1 saturated heterocycles. The van der Waals surface area contributed by atoms with Gasteiger partial charge in [-0.05, 0) is 71.9 Å². The lowest BCUT2D eigenvalue weighted by molar-refractivity contribution is -0.113. The van der Waals surface area contributed by atoms with Crippen molar-refractivity contribution in [3.63, 3.8) is 0 Å². The first-order chi connectivity index (χ1) is 17.2. The third-order valence-corrected chi connectivity index (χ3v) is 6.64. The molecule has 6 rings (SSSR count). The summed E-state index contributed by atoms with van der Waals surface area (Å²) in [5, 5.41) is 0.625. The molecule has 1 fully saturated rings. The van der Waals surface area contributed by atoms with Gasteiger partial charge >= 0.3 is 0 Å². The van der Waals surface area contributed by atoms with Gasteiger partial charge in [-0.2, -0.15) is 0 Å². The molecule has 0 atom stereocenters. The van der Waals surface area contributed by atoms with E-state index in [1.165, 1.54) is 11.8 Å². The van der Waals surface area contributed by atoms with Crippen LogP contribution in [-0.2, 0) is 4.79 Å². The zero-order chi connectivity index (χ0) is 23.6. The van der Waals surface area contributed by atoms with Crippen LogP contribution in [-0.4, -0.2) is 21.0 Å². The molecule has 0 saturated carbocycles. The topological polar surface area (TPSA) is 61.4 Å². The number of benzene rings is 4. The van der Waals surface area contributed by atoms with Gasteiger partial charge in [0.05, 0.1) is 27.3 Å². The molecule has 4 aromatic carbocycles. The van der Waals surface area contributed by atoms with E-state index in [1.807, 2.05) is 115 Å². The third-order valence-electron chi connectivity index (χ3n) is 5.67. The number of aromatic amines is 1. The fraction of sp³-hybridized carbons (Fsp3) is 0. The van der Waals surface area contributed by atoms with Crippen LogP contribution in [0.3, 0.4) is 0 Å². The smallest absolute Gasteiger partial charge is 0.271 e. The van der Waals surface area contributed by atoms with E-state index in [0.29, 0.717) is 10.1 Å². The summed E-state index contributed by atoms with van der Waals surface area (Å²) in [5.74, 6) is 0.734. The average Bonchev–Trinajstić information content (AvgIpc) is 3.47. The normalized spacial score (nSPS) is 16.0. The lowest BCUT2D eigenvalue weighted by Gasteiger charge is -2.15. The Morgan fingerprint density at radius 3 is 2.23 bits per heavy atom. The number of thioether (sulfide) groups is 1. The van der Waals surface area contributed by atoms with Gasteiger partial charge in [-0.25, -0.2) is 9.98 Å². The van der Waals surface area contributed by atoms with E-state index < -0.39 is 0 Å². The maximum Gasteiger partial charge on any atom is 0.271 e. The molecule has 0 spiro atoms. The van der Waals surface area contributed by atoms with Crippen molar-refractivity contribution in [3.05, 3.63) is 120 Å². The van der Waals surface area contributed by atoms with Crippen molar-refractivity contribution < 1.29 is 4.79 Å². The van der Waals surface area contributed by atoms with E-state index in [2.05, 4.69) is 9.97 Å². The van der Waals surface area contributed by atoms with Crippen molar-refractivity contribution in [2.24, 2.45) is 4.99 Å². The number of hydrogen-bond acceptors (Lipinski definition) is 4. The number of carbonyl (C=O) groups excluding carboxylic acids is 1. The van der Waals surface area contributed by atoms with E-state index in [4.69, 9.17) is 4.99 Å². The van der Waals surface area contributed by atoms with E-state index >= 15 is 0 Å². The highest BCUT2D eigenvalue weighted by molar-refractivity contribution is 8.19. The second kappa shape index (κ2) is 9.08. The molecule has 2 heterocycles. The van der Waals surface area contributed by atoms with Gasteiger partial charge in [0.1, 0.15) is 5.82 Å². The van der Waals surface area contributed by atoms with Crippen LogP contribution >= 0.6 is 11.8 Å². The van der Waals surface area contributed by atoms with Crippen molar-refractivity contribution in [1.82, 2.24) is 9.97 Å². The Labute approximate surface area is 206 Å². The average molecular weight is 473 g/mol. The number of nitrogens with zero attached hydrogens (tertiary/aromatic N) is 3. The van der Waals surface area contributed by atoms with Gasteiger partial charge in [-0.1, -0.05) is 60.7 Å². The lowest BCUT2D eigenvalue weighted by atomic mass is 10.2. The highest BCUT2D eigenvalue weighted by atomic mass is 32.2. The second-order valence-corrected chi connectivity index (χ2v) is 9.05. The molecule has 0 radical (unpaired) electrons. The van der Waals surface area contributed by atoms with Crippen molar-refractivity contribution in [2.75, 3.05) is 4.90 Å². The number of carbonyl (C=O) groups is 1.